The lowest BCUT2D eigenvalue weighted by Gasteiger charge is -2.11. The van der Waals surface area contributed by atoms with Crippen LogP contribution in [0, 0.1) is 3.57 Å². The Hall–Kier alpha value is -1.18. The normalized spacial score (nSPS) is 10.7. The zero-order valence-electron chi connectivity index (χ0n) is 10.7. The molecule has 2 aromatic heterocycles. The SMILES string of the molecule is CCNc1nc(-c2nccn2C)nc(CC)c1I. The first-order valence-electron chi connectivity index (χ1n) is 5.95. The number of hydrogen-bond donors (Lipinski definition) is 1. The van der Waals surface area contributed by atoms with E-state index >= 15 is 0 Å². The highest BCUT2D eigenvalue weighted by molar-refractivity contribution is 14.1. The summed E-state index contributed by atoms with van der Waals surface area (Å²) in [5.74, 6) is 2.36. The van der Waals surface area contributed by atoms with E-state index in [9.17, 15) is 0 Å². The van der Waals surface area contributed by atoms with Gasteiger partial charge >= 0.3 is 0 Å². The van der Waals surface area contributed by atoms with E-state index in [0.29, 0.717) is 5.82 Å². The molecule has 5 nitrogen and oxygen atoms in total. The van der Waals surface area contributed by atoms with E-state index in [1.54, 1.807) is 6.20 Å². The molecule has 0 fully saturated rings. The molecule has 0 unspecified atom stereocenters. The molecular formula is C12H16IN5. The van der Waals surface area contributed by atoms with Gasteiger partial charge < -0.3 is 9.88 Å². The van der Waals surface area contributed by atoms with Crippen LogP contribution in [0.1, 0.15) is 19.5 Å². The van der Waals surface area contributed by atoms with Crippen LogP contribution in [0.25, 0.3) is 11.6 Å². The molecule has 0 saturated heterocycles. The largest absolute Gasteiger partial charge is 0.369 e. The molecular weight excluding hydrogens is 341 g/mol. The van der Waals surface area contributed by atoms with Crippen molar-refractivity contribution >= 4 is 28.4 Å². The van der Waals surface area contributed by atoms with Gasteiger partial charge in [0.2, 0.25) is 0 Å². The van der Waals surface area contributed by atoms with Crippen LogP contribution in [-0.2, 0) is 13.5 Å². The molecule has 2 rings (SSSR count). The van der Waals surface area contributed by atoms with E-state index in [1.807, 2.05) is 17.8 Å². The van der Waals surface area contributed by atoms with E-state index in [0.717, 1.165) is 33.9 Å². The lowest BCUT2D eigenvalue weighted by atomic mass is 10.3. The number of imidazole rings is 1. The van der Waals surface area contributed by atoms with E-state index in [1.165, 1.54) is 0 Å². The van der Waals surface area contributed by atoms with E-state index in [2.05, 4.69) is 56.7 Å². The highest BCUT2D eigenvalue weighted by Crippen LogP contribution is 2.23. The Morgan fingerprint density at radius 3 is 2.67 bits per heavy atom. The van der Waals surface area contributed by atoms with Crippen LogP contribution in [0.3, 0.4) is 0 Å². The molecule has 6 heteroatoms. The second-order valence-electron chi connectivity index (χ2n) is 3.90. The third-order valence-corrected chi connectivity index (χ3v) is 3.75. The van der Waals surface area contributed by atoms with Crippen LogP contribution in [0.5, 0.6) is 0 Å². The fourth-order valence-corrected chi connectivity index (χ4v) is 2.51. The van der Waals surface area contributed by atoms with Crippen molar-refractivity contribution in [2.45, 2.75) is 20.3 Å². The molecule has 0 amide bonds. The van der Waals surface area contributed by atoms with Crippen molar-refractivity contribution in [2.24, 2.45) is 7.05 Å². The van der Waals surface area contributed by atoms with E-state index in [-0.39, 0.29) is 0 Å². The number of anilines is 1. The Balaban J connectivity index is 2.55. The molecule has 2 heterocycles. The summed E-state index contributed by atoms with van der Waals surface area (Å²) >= 11 is 2.29. The van der Waals surface area contributed by atoms with Gasteiger partial charge in [0.25, 0.3) is 0 Å². The van der Waals surface area contributed by atoms with Gasteiger partial charge in [-0.2, -0.15) is 0 Å². The van der Waals surface area contributed by atoms with Crippen LogP contribution in [0.15, 0.2) is 12.4 Å². The maximum atomic E-state index is 4.60. The molecule has 0 radical (unpaired) electrons. The lowest BCUT2D eigenvalue weighted by Crippen LogP contribution is -2.09. The third-order valence-electron chi connectivity index (χ3n) is 2.62. The Bertz CT molecular complexity index is 549. The molecule has 2 aromatic rings. The summed E-state index contributed by atoms with van der Waals surface area (Å²) in [5, 5.41) is 3.28. The summed E-state index contributed by atoms with van der Waals surface area (Å²) in [5.41, 5.74) is 1.06. The van der Waals surface area contributed by atoms with Crippen LogP contribution in [0.2, 0.25) is 0 Å². The number of rotatable bonds is 4. The Morgan fingerprint density at radius 2 is 2.11 bits per heavy atom. The van der Waals surface area contributed by atoms with Crippen molar-refractivity contribution in [1.82, 2.24) is 19.5 Å². The summed E-state index contributed by atoms with van der Waals surface area (Å²) in [4.78, 5) is 13.5. The Labute approximate surface area is 120 Å². The molecule has 0 atom stereocenters. The van der Waals surface area contributed by atoms with Gasteiger partial charge in [0.1, 0.15) is 5.82 Å². The van der Waals surface area contributed by atoms with Gasteiger partial charge in [0.15, 0.2) is 11.6 Å². The Kier molecular flexibility index (Phi) is 4.15. The van der Waals surface area contributed by atoms with Gasteiger partial charge in [-0.1, -0.05) is 6.92 Å². The zero-order chi connectivity index (χ0) is 13.1. The monoisotopic (exact) mass is 357 g/mol. The minimum absolute atomic E-state index is 0.677. The maximum Gasteiger partial charge on any atom is 0.198 e. The van der Waals surface area contributed by atoms with Crippen molar-refractivity contribution in [3.05, 3.63) is 21.7 Å². The second kappa shape index (κ2) is 5.64. The predicted octanol–water partition coefficient (Wildman–Crippen LogP) is 2.48. The molecule has 0 aromatic carbocycles. The van der Waals surface area contributed by atoms with Crippen molar-refractivity contribution < 1.29 is 0 Å². The number of aryl methyl sites for hydroxylation is 2. The maximum absolute atomic E-state index is 4.60. The lowest BCUT2D eigenvalue weighted by molar-refractivity contribution is 0.892. The summed E-state index contributed by atoms with van der Waals surface area (Å²) in [6, 6.07) is 0. The topological polar surface area (TPSA) is 55.6 Å². The summed E-state index contributed by atoms with van der Waals surface area (Å²) < 4.78 is 3.02. The highest BCUT2D eigenvalue weighted by Gasteiger charge is 2.14. The molecule has 0 aliphatic rings. The van der Waals surface area contributed by atoms with Crippen molar-refractivity contribution in [2.75, 3.05) is 11.9 Å². The van der Waals surface area contributed by atoms with Crippen molar-refractivity contribution in [3.63, 3.8) is 0 Å². The van der Waals surface area contributed by atoms with Gasteiger partial charge in [-0.3, -0.25) is 0 Å². The average Bonchev–Trinajstić information content (AvgIpc) is 2.78. The van der Waals surface area contributed by atoms with Crippen LogP contribution >= 0.6 is 22.6 Å². The fraction of sp³-hybridized carbons (Fsp3) is 0.417. The first-order chi connectivity index (χ1) is 8.67. The number of aromatic nitrogens is 4. The third kappa shape index (κ3) is 2.47. The van der Waals surface area contributed by atoms with Crippen molar-refractivity contribution in [1.29, 1.82) is 0 Å². The van der Waals surface area contributed by atoms with E-state index in [4.69, 9.17) is 0 Å². The molecule has 18 heavy (non-hydrogen) atoms. The quantitative estimate of drug-likeness (QED) is 0.855. The molecule has 0 bridgehead atoms. The van der Waals surface area contributed by atoms with Crippen LogP contribution in [0.4, 0.5) is 5.82 Å². The molecule has 0 aliphatic heterocycles. The number of halogens is 1. The van der Waals surface area contributed by atoms with Gasteiger partial charge in [-0.05, 0) is 35.9 Å². The summed E-state index contributed by atoms with van der Waals surface area (Å²) in [6.45, 7) is 5.00. The molecule has 0 saturated carbocycles. The smallest absolute Gasteiger partial charge is 0.198 e. The number of nitrogens with zero attached hydrogens (tertiary/aromatic N) is 4. The zero-order valence-corrected chi connectivity index (χ0v) is 12.9. The predicted molar refractivity (Wildman–Crippen MR) is 80.5 cm³/mol. The first kappa shape index (κ1) is 13.3. The number of nitrogens with one attached hydrogen (secondary N) is 1. The molecule has 0 spiro atoms. The molecule has 0 aliphatic carbocycles. The minimum atomic E-state index is 0.677. The number of hydrogen-bond acceptors (Lipinski definition) is 4. The molecule has 1 N–H and O–H groups in total. The van der Waals surface area contributed by atoms with Gasteiger partial charge in [-0.15, -0.1) is 0 Å². The molecule has 96 valence electrons. The second-order valence-corrected chi connectivity index (χ2v) is 4.98. The van der Waals surface area contributed by atoms with Gasteiger partial charge in [0, 0.05) is 26.0 Å². The minimum Gasteiger partial charge on any atom is -0.369 e. The summed E-state index contributed by atoms with van der Waals surface area (Å²) in [6.07, 6.45) is 4.54. The first-order valence-corrected chi connectivity index (χ1v) is 7.03. The fourth-order valence-electron chi connectivity index (χ4n) is 1.69. The van der Waals surface area contributed by atoms with Crippen LogP contribution in [-0.4, -0.2) is 26.1 Å². The summed E-state index contributed by atoms with van der Waals surface area (Å²) in [7, 11) is 1.95. The standard InChI is InChI=1S/C12H16IN5/c1-4-8-9(13)10(14-5-2)17-11(16-8)12-15-6-7-18(12)3/h6-7H,4-5H2,1-3H3,(H,14,16,17). The van der Waals surface area contributed by atoms with E-state index < -0.39 is 0 Å². The average molecular weight is 357 g/mol. The van der Waals surface area contributed by atoms with Crippen LogP contribution < -0.4 is 5.32 Å². The van der Waals surface area contributed by atoms with Gasteiger partial charge in [-0.25, -0.2) is 15.0 Å². The van der Waals surface area contributed by atoms with Crippen molar-refractivity contribution in [3.8, 4) is 11.6 Å². The Morgan fingerprint density at radius 1 is 1.33 bits per heavy atom. The highest BCUT2D eigenvalue weighted by atomic mass is 127. The van der Waals surface area contributed by atoms with Gasteiger partial charge in [0.05, 0.1) is 9.26 Å².